The van der Waals surface area contributed by atoms with Crippen molar-refractivity contribution in [3.8, 4) is 23.3 Å². The minimum Gasteiger partial charge on any atom is -0.495 e. The number of hydrogen-bond donors (Lipinski definition) is 2. The highest BCUT2D eigenvalue weighted by Crippen LogP contribution is 2.29. The molecule has 164 valence electrons. The highest BCUT2D eigenvalue weighted by molar-refractivity contribution is 6.31. The molecule has 0 aliphatic carbocycles. The number of halogens is 1. The standard InChI is InChI=1S/C23H26ClN3O4/c1-4-30-21-8-6-16(12-22(21)31-5-2)10-11-26-15-17(14-25)23(28)27-19-13-18(24)7-9-20(19)29-3/h6-9,12-13,15,26H,4-5,10-11H2,1-3H3,(H,27,28)/b17-15-. The first-order chi connectivity index (χ1) is 15.0. The van der Waals surface area contributed by atoms with E-state index in [2.05, 4.69) is 10.6 Å². The van der Waals surface area contributed by atoms with Crippen LogP contribution in [0.15, 0.2) is 48.2 Å². The van der Waals surface area contributed by atoms with Crippen molar-refractivity contribution < 1.29 is 19.0 Å². The topological polar surface area (TPSA) is 92.6 Å². The highest BCUT2D eigenvalue weighted by atomic mass is 35.5. The molecule has 0 aliphatic heterocycles. The Hall–Kier alpha value is -3.37. The van der Waals surface area contributed by atoms with Crippen molar-refractivity contribution in [2.45, 2.75) is 20.3 Å². The third kappa shape index (κ3) is 7.12. The molecular weight excluding hydrogens is 418 g/mol. The number of carbonyl (C=O) groups excluding carboxylic acids is 1. The van der Waals surface area contributed by atoms with E-state index >= 15 is 0 Å². The van der Waals surface area contributed by atoms with Crippen molar-refractivity contribution in [1.82, 2.24) is 5.32 Å². The highest BCUT2D eigenvalue weighted by Gasteiger charge is 2.13. The van der Waals surface area contributed by atoms with Gasteiger partial charge in [-0.1, -0.05) is 17.7 Å². The molecule has 2 N–H and O–H groups in total. The number of nitriles is 1. The second kappa shape index (κ2) is 12.4. The molecule has 0 aromatic heterocycles. The number of ether oxygens (including phenoxy) is 3. The summed E-state index contributed by atoms with van der Waals surface area (Å²) in [4.78, 5) is 12.4. The summed E-state index contributed by atoms with van der Waals surface area (Å²) in [5.74, 6) is 1.30. The number of nitrogens with one attached hydrogen (secondary N) is 2. The molecule has 0 unspecified atom stereocenters. The number of hydrogen-bond acceptors (Lipinski definition) is 6. The van der Waals surface area contributed by atoms with Gasteiger partial charge < -0.3 is 24.8 Å². The second-order valence-electron chi connectivity index (χ2n) is 6.32. The van der Waals surface area contributed by atoms with Gasteiger partial charge in [0.25, 0.3) is 5.91 Å². The van der Waals surface area contributed by atoms with E-state index in [1.54, 1.807) is 18.2 Å². The zero-order valence-corrected chi connectivity index (χ0v) is 18.6. The molecule has 0 atom stereocenters. The molecule has 7 nitrogen and oxygen atoms in total. The Kier molecular flexibility index (Phi) is 9.53. The fraction of sp³-hybridized carbons (Fsp3) is 0.304. The summed E-state index contributed by atoms with van der Waals surface area (Å²) < 4.78 is 16.4. The summed E-state index contributed by atoms with van der Waals surface area (Å²) in [5.41, 5.74) is 1.36. The molecule has 31 heavy (non-hydrogen) atoms. The number of anilines is 1. The minimum atomic E-state index is -0.560. The fourth-order valence-corrected chi connectivity index (χ4v) is 2.93. The van der Waals surface area contributed by atoms with Crippen LogP contribution in [0.2, 0.25) is 5.02 Å². The molecule has 2 rings (SSSR count). The van der Waals surface area contributed by atoms with Gasteiger partial charge in [-0.15, -0.1) is 0 Å². The van der Waals surface area contributed by atoms with Crippen LogP contribution in [0, 0.1) is 11.3 Å². The zero-order chi connectivity index (χ0) is 22.6. The molecule has 2 aromatic rings. The summed E-state index contributed by atoms with van der Waals surface area (Å²) in [6, 6.07) is 12.5. The van der Waals surface area contributed by atoms with E-state index in [0.717, 1.165) is 5.56 Å². The minimum absolute atomic E-state index is 0.0660. The monoisotopic (exact) mass is 443 g/mol. The smallest absolute Gasteiger partial charge is 0.267 e. The number of methoxy groups -OCH3 is 1. The van der Waals surface area contributed by atoms with Gasteiger partial charge in [-0.2, -0.15) is 5.26 Å². The van der Waals surface area contributed by atoms with Crippen molar-refractivity contribution in [1.29, 1.82) is 5.26 Å². The Balaban J connectivity index is 1.98. The number of benzene rings is 2. The Morgan fingerprint density at radius 3 is 2.48 bits per heavy atom. The lowest BCUT2D eigenvalue weighted by molar-refractivity contribution is -0.112. The average Bonchev–Trinajstić information content (AvgIpc) is 2.76. The predicted molar refractivity (Wildman–Crippen MR) is 121 cm³/mol. The summed E-state index contributed by atoms with van der Waals surface area (Å²) in [6.07, 6.45) is 2.07. The lowest BCUT2D eigenvalue weighted by atomic mass is 10.1. The van der Waals surface area contributed by atoms with E-state index in [1.807, 2.05) is 38.1 Å². The summed E-state index contributed by atoms with van der Waals surface area (Å²) in [5, 5.41) is 15.4. The molecular formula is C23H26ClN3O4. The van der Waals surface area contributed by atoms with Crippen molar-refractivity contribution in [2.24, 2.45) is 0 Å². The van der Waals surface area contributed by atoms with Gasteiger partial charge in [-0.3, -0.25) is 4.79 Å². The first kappa shape index (κ1) is 23.9. The number of carbonyl (C=O) groups is 1. The molecule has 0 saturated heterocycles. The van der Waals surface area contributed by atoms with Crippen LogP contribution in [0.4, 0.5) is 5.69 Å². The molecule has 0 heterocycles. The zero-order valence-electron chi connectivity index (χ0n) is 17.8. The van der Waals surface area contributed by atoms with Gasteiger partial charge >= 0.3 is 0 Å². The van der Waals surface area contributed by atoms with Gasteiger partial charge in [0, 0.05) is 17.8 Å². The summed E-state index contributed by atoms with van der Waals surface area (Å²) in [6.45, 7) is 5.47. The maximum atomic E-state index is 12.4. The Morgan fingerprint density at radius 1 is 1.10 bits per heavy atom. The molecule has 0 radical (unpaired) electrons. The third-order valence-electron chi connectivity index (χ3n) is 4.19. The quantitative estimate of drug-likeness (QED) is 0.305. The molecule has 0 spiro atoms. The molecule has 0 aliphatic rings. The van der Waals surface area contributed by atoms with Gasteiger partial charge in [0.15, 0.2) is 11.5 Å². The molecule has 0 fully saturated rings. The van der Waals surface area contributed by atoms with Crippen molar-refractivity contribution in [2.75, 3.05) is 32.2 Å². The normalized spacial score (nSPS) is 10.7. The summed E-state index contributed by atoms with van der Waals surface area (Å²) >= 11 is 5.97. The van der Waals surface area contributed by atoms with E-state index in [9.17, 15) is 10.1 Å². The second-order valence-corrected chi connectivity index (χ2v) is 6.76. The third-order valence-corrected chi connectivity index (χ3v) is 4.42. The van der Waals surface area contributed by atoms with E-state index < -0.39 is 5.91 Å². The van der Waals surface area contributed by atoms with Crippen LogP contribution in [0.3, 0.4) is 0 Å². The Labute approximate surface area is 187 Å². The van der Waals surface area contributed by atoms with Crippen LogP contribution in [-0.2, 0) is 11.2 Å². The molecule has 1 amide bonds. The maximum Gasteiger partial charge on any atom is 0.267 e. The van der Waals surface area contributed by atoms with Gasteiger partial charge in [-0.05, 0) is 56.2 Å². The van der Waals surface area contributed by atoms with Crippen LogP contribution in [0.25, 0.3) is 0 Å². The Bertz CT molecular complexity index is 970. The average molecular weight is 444 g/mol. The number of amides is 1. The van der Waals surface area contributed by atoms with E-state index in [0.29, 0.717) is 54.1 Å². The van der Waals surface area contributed by atoms with Gasteiger partial charge in [0.1, 0.15) is 17.4 Å². The Morgan fingerprint density at radius 2 is 1.81 bits per heavy atom. The largest absolute Gasteiger partial charge is 0.495 e. The molecule has 2 aromatic carbocycles. The van der Waals surface area contributed by atoms with Crippen LogP contribution in [-0.4, -0.2) is 32.8 Å². The van der Waals surface area contributed by atoms with Gasteiger partial charge in [0.05, 0.1) is 26.0 Å². The molecule has 0 bridgehead atoms. The van der Waals surface area contributed by atoms with Gasteiger partial charge in [-0.25, -0.2) is 0 Å². The van der Waals surface area contributed by atoms with Crippen LogP contribution in [0.5, 0.6) is 17.2 Å². The maximum absolute atomic E-state index is 12.4. The van der Waals surface area contributed by atoms with Crippen LogP contribution in [0.1, 0.15) is 19.4 Å². The molecule has 8 heteroatoms. The first-order valence-electron chi connectivity index (χ1n) is 9.89. The van der Waals surface area contributed by atoms with E-state index in [4.69, 9.17) is 25.8 Å². The lowest BCUT2D eigenvalue weighted by Gasteiger charge is -2.12. The van der Waals surface area contributed by atoms with E-state index in [1.165, 1.54) is 13.3 Å². The predicted octanol–water partition coefficient (Wildman–Crippen LogP) is 4.32. The summed E-state index contributed by atoms with van der Waals surface area (Å²) in [7, 11) is 1.49. The van der Waals surface area contributed by atoms with Crippen LogP contribution >= 0.6 is 11.6 Å². The van der Waals surface area contributed by atoms with Crippen LogP contribution < -0.4 is 24.8 Å². The first-order valence-corrected chi connectivity index (χ1v) is 10.3. The van der Waals surface area contributed by atoms with Crippen molar-refractivity contribution in [3.63, 3.8) is 0 Å². The lowest BCUT2D eigenvalue weighted by Crippen LogP contribution is -2.18. The van der Waals surface area contributed by atoms with E-state index in [-0.39, 0.29) is 5.57 Å². The van der Waals surface area contributed by atoms with Gasteiger partial charge in [0.2, 0.25) is 0 Å². The molecule has 0 saturated carbocycles. The van der Waals surface area contributed by atoms with Crippen molar-refractivity contribution >= 4 is 23.2 Å². The number of nitrogens with zero attached hydrogens (tertiary/aromatic N) is 1. The SMILES string of the molecule is CCOc1ccc(CCN/C=C(/C#N)C(=O)Nc2cc(Cl)ccc2OC)cc1OCC. The fourth-order valence-electron chi connectivity index (χ4n) is 2.76. The van der Waals surface area contributed by atoms with Crippen molar-refractivity contribution in [3.05, 3.63) is 58.8 Å². The number of rotatable bonds is 11.